The van der Waals surface area contributed by atoms with Crippen LogP contribution in [-0.2, 0) is 0 Å². The maximum Gasteiger partial charge on any atom is 0.351 e. The second-order valence-corrected chi connectivity index (χ2v) is 3.70. The minimum atomic E-state index is -1.35. The maximum atomic E-state index is 11.4. The zero-order valence-corrected chi connectivity index (χ0v) is 10.0. The van der Waals surface area contributed by atoms with Gasteiger partial charge in [-0.15, -0.1) is 0 Å². The number of azide groups is 1. The lowest BCUT2D eigenvalue weighted by Gasteiger charge is -1.99. The Balaban J connectivity index is 2.49. The lowest BCUT2D eigenvalue weighted by atomic mass is 10.1. The highest BCUT2D eigenvalue weighted by Gasteiger charge is 2.11. The second kappa shape index (κ2) is 5.61. The summed E-state index contributed by atoms with van der Waals surface area (Å²) in [4.78, 5) is 24.8. The van der Waals surface area contributed by atoms with Crippen LogP contribution in [0.15, 0.2) is 38.6 Å². The van der Waals surface area contributed by atoms with Gasteiger partial charge in [0.15, 0.2) is 0 Å². The third kappa shape index (κ3) is 2.77. The number of hydrogen-bond acceptors (Lipinski definition) is 4. The first kappa shape index (κ1) is 13.2. The molecule has 0 saturated carbocycles. The van der Waals surface area contributed by atoms with Gasteiger partial charge in [-0.25, -0.2) is 9.59 Å². The molecule has 0 fully saturated rings. The first-order valence-corrected chi connectivity index (χ1v) is 5.43. The Bertz CT molecular complexity index is 851. The molecule has 0 aliphatic rings. The van der Waals surface area contributed by atoms with Gasteiger partial charge >= 0.3 is 11.6 Å². The number of fused-ring (bicyclic) bond motifs is 1. The Labute approximate surface area is 112 Å². The number of carboxylic acids is 1. The van der Waals surface area contributed by atoms with Crippen LogP contribution in [0.4, 0.5) is 0 Å². The minimum Gasteiger partial charge on any atom is -0.477 e. The van der Waals surface area contributed by atoms with Crippen LogP contribution in [0.3, 0.4) is 0 Å². The monoisotopic (exact) mass is 269 g/mol. The fourth-order valence-electron chi connectivity index (χ4n) is 1.56. The standard InChI is InChI=1S/C13H7N3O4/c14-16-15-5-1-2-8-3-4-11-9(6-8)7-10(12(17)18)13(19)20-11/h3-4,6-7H,5H2,(H,17,18). The molecule has 0 spiro atoms. The van der Waals surface area contributed by atoms with E-state index >= 15 is 0 Å². The van der Waals surface area contributed by atoms with Crippen LogP contribution in [-0.4, -0.2) is 17.6 Å². The SMILES string of the molecule is [N-]=[N+]=NCC#Cc1ccc2oc(=O)c(C(=O)O)cc2c1. The van der Waals surface area contributed by atoms with Crippen molar-refractivity contribution >= 4 is 16.9 Å². The van der Waals surface area contributed by atoms with Gasteiger partial charge in [-0.05, 0) is 29.8 Å². The molecule has 0 amide bonds. The molecule has 0 radical (unpaired) electrons. The number of carbonyl (C=O) groups is 1. The van der Waals surface area contributed by atoms with Crippen LogP contribution < -0.4 is 5.63 Å². The number of rotatable bonds is 2. The molecule has 0 saturated heterocycles. The first-order chi connectivity index (χ1) is 9.61. The molecule has 0 unspecified atom stereocenters. The summed E-state index contributed by atoms with van der Waals surface area (Å²) in [5, 5.41) is 12.6. The normalized spacial score (nSPS) is 9.40. The summed E-state index contributed by atoms with van der Waals surface area (Å²) < 4.78 is 4.90. The number of benzene rings is 1. The van der Waals surface area contributed by atoms with E-state index in [1.165, 1.54) is 12.1 Å². The van der Waals surface area contributed by atoms with Gasteiger partial charge in [0.05, 0.1) is 6.54 Å². The minimum absolute atomic E-state index is 0.0405. The predicted octanol–water partition coefficient (Wildman–Crippen LogP) is 2.15. The lowest BCUT2D eigenvalue weighted by molar-refractivity contribution is 0.0692. The zero-order valence-electron chi connectivity index (χ0n) is 10.0. The summed E-state index contributed by atoms with van der Waals surface area (Å²) in [5.74, 6) is 4.04. The molecule has 0 atom stereocenters. The molecule has 2 aromatic rings. The third-order valence-electron chi connectivity index (χ3n) is 2.41. The smallest absolute Gasteiger partial charge is 0.351 e. The van der Waals surface area contributed by atoms with Gasteiger partial charge in [-0.3, -0.25) is 0 Å². The molecule has 20 heavy (non-hydrogen) atoms. The first-order valence-electron chi connectivity index (χ1n) is 5.43. The average Bonchev–Trinajstić information content (AvgIpc) is 2.42. The topological polar surface area (TPSA) is 116 Å². The van der Waals surface area contributed by atoms with Crippen LogP contribution in [0.25, 0.3) is 21.4 Å². The van der Waals surface area contributed by atoms with E-state index in [0.29, 0.717) is 10.9 Å². The Morgan fingerprint density at radius 3 is 2.95 bits per heavy atom. The van der Waals surface area contributed by atoms with Gasteiger partial charge in [-0.2, -0.15) is 0 Å². The van der Waals surface area contributed by atoms with Crippen molar-refractivity contribution in [3.63, 3.8) is 0 Å². The maximum absolute atomic E-state index is 11.4. The Kier molecular flexibility index (Phi) is 3.70. The van der Waals surface area contributed by atoms with Crippen molar-refractivity contribution in [1.82, 2.24) is 0 Å². The van der Waals surface area contributed by atoms with E-state index in [1.54, 1.807) is 12.1 Å². The molecule has 0 bridgehead atoms. The van der Waals surface area contributed by atoms with Crippen molar-refractivity contribution in [3.05, 3.63) is 56.3 Å². The van der Waals surface area contributed by atoms with Crippen LogP contribution in [0.2, 0.25) is 0 Å². The molecule has 1 heterocycles. The van der Waals surface area contributed by atoms with Crippen molar-refractivity contribution in [2.24, 2.45) is 5.11 Å². The van der Waals surface area contributed by atoms with Crippen molar-refractivity contribution < 1.29 is 14.3 Å². The van der Waals surface area contributed by atoms with Gasteiger partial charge in [0.1, 0.15) is 11.1 Å². The van der Waals surface area contributed by atoms with Gasteiger partial charge in [-0.1, -0.05) is 17.0 Å². The van der Waals surface area contributed by atoms with E-state index in [0.717, 1.165) is 0 Å². The molecule has 0 aliphatic carbocycles. The highest BCUT2D eigenvalue weighted by atomic mass is 16.4. The van der Waals surface area contributed by atoms with E-state index in [1.807, 2.05) is 0 Å². The van der Waals surface area contributed by atoms with Crippen molar-refractivity contribution in [3.8, 4) is 11.8 Å². The molecule has 2 rings (SSSR count). The number of hydrogen-bond donors (Lipinski definition) is 1. The molecule has 0 aliphatic heterocycles. The van der Waals surface area contributed by atoms with Gasteiger partial charge in [0.25, 0.3) is 0 Å². The number of carboxylic acid groups (broad SMARTS) is 1. The summed E-state index contributed by atoms with van der Waals surface area (Å²) in [5.41, 5.74) is 7.65. The molecule has 1 aromatic heterocycles. The van der Waals surface area contributed by atoms with Gasteiger partial charge < -0.3 is 9.52 Å². The van der Waals surface area contributed by atoms with Crippen LogP contribution in [0, 0.1) is 11.8 Å². The van der Waals surface area contributed by atoms with E-state index < -0.39 is 17.2 Å². The van der Waals surface area contributed by atoms with Crippen LogP contribution >= 0.6 is 0 Å². The highest BCUT2D eigenvalue weighted by Crippen LogP contribution is 2.15. The van der Waals surface area contributed by atoms with Crippen molar-refractivity contribution in [2.75, 3.05) is 6.54 Å². The van der Waals surface area contributed by atoms with Crippen molar-refractivity contribution in [1.29, 1.82) is 0 Å². The highest BCUT2D eigenvalue weighted by molar-refractivity contribution is 5.91. The zero-order chi connectivity index (χ0) is 14.5. The van der Waals surface area contributed by atoms with Crippen molar-refractivity contribution in [2.45, 2.75) is 0 Å². The fourth-order valence-corrected chi connectivity index (χ4v) is 1.56. The van der Waals surface area contributed by atoms with E-state index in [4.69, 9.17) is 15.1 Å². The van der Waals surface area contributed by atoms with Gasteiger partial charge in [0, 0.05) is 15.9 Å². The molecule has 7 heteroatoms. The summed E-state index contributed by atoms with van der Waals surface area (Å²) >= 11 is 0. The quantitative estimate of drug-likeness (QED) is 0.295. The largest absolute Gasteiger partial charge is 0.477 e. The Morgan fingerprint density at radius 2 is 2.25 bits per heavy atom. The second-order valence-electron chi connectivity index (χ2n) is 3.70. The van der Waals surface area contributed by atoms with E-state index in [2.05, 4.69) is 21.9 Å². The van der Waals surface area contributed by atoms with E-state index in [9.17, 15) is 9.59 Å². The fraction of sp³-hybridized carbons (Fsp3) is 0.0769. The van der Waals surface area contributed by atoms with Crippen LogP contribution in [0.1, 0.15) is 15.9 Å². The summed E-state index contributed by atoms with van der Waals surface area (Å²) in [6.45, 7) is 0.0405. The molecule has 1 aromatic carbocycles. The number of aromatic carboxylic acids is 1. The molecule has 98 valence electrons. The summed E-state index contributed by atoms with van der Waals surface area (Å²) in [6, 6.07) is 5.98. The van der Waals surface area contributed by atoms with Crippen LogP contribution in [0.5, 0.6) is 0 Å². The summed E-state index contributed by atoms with van der Waals surface area (Å²) in [7, 11) is 0. The Morgan fingerprint density at radius 1 is 1.45 bits per heavy atom. The molecular formula is C13H7N3O4. The molecular weight excluding hydrogens is 262 g/mol. The summed E-state index contributed by atoms with van der Waals surface area (Å²) in [6.07, 6.45) is 0. The predicted molar refractivity (Wildman–Crippen MR) is 70.3 cm³/mol. The van der Waals surface area contributed by atoms with Gasteiger partial charge in [0.2, 0.25) is 0 Å². The number of nitrogens with zero attached hydrogens (tertiary/aromatic N) is 3. The lowest BCUT2D eigenvalue weighted by Crippen LogP contribution is -2.12. The van der Waals surface area contributed by atoms with E-state index in [-0.39, 0.29) is 12.1 Å². The third-order valence-corrected chi connectivity index (χ3v) is 2.41. The Hall–Kier alpha value is -3.23. The molecule has 1 N–H and O–H groups in total. The average molecular weight is 269 g/mol. The molecule has 7 nitrogen and oxygen atoms in total.